The Bertz CT molecular complexity index is 594. The molecule has 1 atom stereocenters. The van der Waals surface area contributed by atoms with Gasteiger partial charge in [0, 0.05) is 23.3 Å². The van der Waals surface area contributed by atoms with Crippen molar-refractivity contribution in [3.8, 4) is 0 Å². The van der Waals surface area contributed by atoms with Crippen LogP contribution in [0, 0.1) is 0 Å². The average Bonchev–Trinajstić information content (AvgIpc) is 2.88. The second kappa shape index (κ2) is 7.43. The molecule has 0 aliphatic rings. The topological polar surface area (TPSA) is 41.9 Å². The van der Waals surface area contributed by atoms with Gasteiger partial charge in [-0.3, -0.25) is 4.68 Å². The Labute approximate surface area is 135 Å². The molecule has 0 bridgehead atoms. The van der Waals surface area contributed by atoms with Crippen LogP contribution in [-0.4, -0.2) is 20.9 Å². The van der Waals surface area contributed by atoms with E-state index in [0.717, 1.165) is 22.8 Å². The summed E-state index contributed by atoms with van der Waals surface area (Å²) in [5.74, 6) is 0.741. The number of rotatable bonds is 5. The highest BCUT2D eigenvalue weighted by Gasteiger charge is 2.04. The fraction of sp³-hybridized carbons (Fsp3) is 0.333. The zero-order valence-electron chi connectivity index (χ0n) is 12.1. The van der Waals surface area contributed by atoms with Gasteiger partial charge in [-0.15, -0.1) is 0 Å². The van der Waals surface area contributed by atoms with Crippen LogP contribution in [0.15, 0.2) is 36.5 Å². The molecule has 4 nitrogen and oxygen atoms in total. The lowest BCUT2D eigenvalue weighted by Crippen LogP contribution is -2.35. The van der Waals surface area contributed by atoms with Crippen molar-refractivity contribution < 1.29 is 0 Å². The summed E-state index contributed by atoms with van der Waals surface area (Å²) in [7, 11) is 0. The first-order chi connectivity index (χ1) is 10.1. The predicted molar refractivity (Wildman–Crippen MR) is 91.9 cm³/mol. The molecule has 1 heterocycles. The number of nitrogens with zero attached hydrogens (tertiary/aromatic N) is 2. The van der Waals surface area contributed by atoms with Gasteiger partial charge in [-0.25, -0.2) is 0 Å². The summed E-state index contributed by atoms with van der Waals surface area (Å²) in [6.07, 6.45) is 2.94. The Kier molecular flexibility index (Phi) is 5.59. The molecule has 0 saturated carbocycles. The Morgan fingerprint density at radius 3 is 2.71 bits per heavy atom. The molecule has 21 heavy (non-hydrogen) atoms. The van der Waals surface area contributed by atoms with Gasteiger partial charge in [-0.2, -0.15) is 5.10 Å². The minimum absolute atomic E-state index is 0.348. The molecule has 6 heteroatoms. The highest BCUT2D eigenvalue weighted by molar-refractivity contribution is 7.80. The first-order valence-corrected chi connectivity index (χ1v) is 7.71. The summed E-state index contributed by atoms with van der Waals surface area (Å²) in [5, 5.41) is 12.1. The van der Waals surface area contributed by atoms with Gasteiger partial charge in [0.2, 0.25) is 0 Å². The second-order valence-electron chi connectivity index (χ2n) is 4.93. The molecule has 2 rings (SSSR count). The van der Waals surface area contributed by atoms with E-state index in [4.69, 9.17) is 23.8 Å². The minimum atomic E-state index is 0.348. The zero-order chi connectivity index (χ0) is 15.2. The van der Waals surface area contributed by atoms with Crippen LogP contribution in [0.25, 0.3) is 0 Å². The van der Waals surface area contributed by atoms with Crippen molar-refractivity contribution >= 4 is 34.7 Å². The van der Waals surface area contributed by atoms with Crippen LogP contribution in [0.3, 0.4) is 0 Å². The number of aromatic nitrogens is 2. The van der Waals surface area contributed by atoms with Gasteiger partial charge in [-0.1, -0.05) is 30.7 Å². The number of halogens is 1. The summed E-state index contributed by atoms with van der Waals surface area (Å²) >= 11 is 11.1. The van der Waals surface area contributed by atoms with Gasteiger partial charge in [-0.05, 0) is 43.3 Å². The van der Waals surface area contributed by atoms with Crippen molar-refractivity contribution in [3.63, 3.8) is 0 Å². The Balaban J connectivity index is 1.92. The maximum Gasteiger partial charge on any atom is 0.172 e. The van der Waals surface area contributed by atoms with Gasteiger partial charge in [0.1, 0.15) is 0 Å². The van der Waals surface area contributed by atoms with E-state index in [2.05, 4.69) is 29.6 Å². The summed E-state index contributed by atoms with van der Waals surface area (Å²) in [6.45, 7) is 4.90. The number of nitrogens with one attached hydrogen (secondary N) is 2. The Hall–Kier alpha value is -1.59. The largest absolute Gasteiger partial charge is 0.360 e. The van der Waals surface area contributed by atoms with Crippen molar-refractivity contribution in [1.82, 2.24) is 15.1 Å². The monoisotopic (exact) mass is 322 g/mol. The molecule has 0 saturated heterocycles. The first-order valence-electron chi connectivity index (χ1n) is 6.92. The van der Waals surface area contributed by atoms with Crippen molar-refractivity contribution in [3.05, 3.63) is 47.1 Å². The van der Waals surface area contributed by atoms with Crippen LogP contribution in [-0.2, 0) is 6.54 Å². The SMILES string of the molecule is CCC(C)NC(=S)Nc1ccn(Cc2ccc(Cl)cc2)n1. The summed E-state index contributed by atoms with van der Waals surface area (Å²) in [4.78, 5) is 0. The lowest BCUT2D eigenvalue weighted by Gasteiger charge is -2.13. The van der Waals surface area contributed by atoms with E-state index in [9.17, 15) is 0 Å². The molecule has 1 aromatic heterocycles. The quantitative estimate of drug-likeness (QED) is 0.824. The highest BCUT2D eigenvalue weighted by Crippen LogP contribution is 2.11. The minimum Gasteiger partial charge on any atom is -0.360 e. The third kappa shape index (κ3) is 5.02. The van der Waals surface area contributed by atoms with Crippen molar-refractivity contribution in [2.75, 3.05) is 5.32 Å². The molecule has 2 N–H and O–H groups in total. The van der Waals surface area contributed by atoms with E-state index in [0.29, 0.717) is 17.7 Å². The van der Waals surface area contributed by atoms with Crippen molar-refractivity contribution in [2.45, 2.75) is 32.9 Å². The van der Waals surface area contributed by atoms with Gasteiger partial charge in [0.05, 0.1) is 6.54 Å². The van der Waals surface area contributed by atoms with Gasteiger partial charge >= 0.3 is 0 Å². The molecule has 0 spiro atoms. The van der Waals surface area contributed by atoms with Crippen LogP contribution in [0.1, 0.15) is 25.8 Å². The third-order valence-electron chi connectivity index (χ3n) is 3.13. The van der Waals surface area contributed by atoms with Crippen molar-refractivity contribution in [1.29, 1.82) is 0 Å². The van der Waals surface area contributed by atoms with E-state index in [1.165, 1.54) is 0 Å². The third-order valence-corrected chi connectivity index (χ3v) is 3.60. The Morgan fingerprint density at radius 2 is 2.05 bits per heavy atom. The number of hydrogen-bond donors (Lipinski definition) is 2. The van der Waals surface area contributed by atoms with Crippen LogP contribution in [0.2, 0.25) is 5.02 Å². The molecule has 2 aromatic rings. The molecule has 0 aliphatic heterocycles. The molecular weight excluding hydrogens is 304 g/mol. The maximum absolute atomic E-state index is 5.88. The fourth-order valence-electron chi connectivity index (χ4n) is 1.77. The predicted octanol–water partition coefficient (Wildman–Crippen LogP) is 3.67. The summed E-state index contributed by atoms with van der Waals surface area (Å²) < 4.78 is 1.86. The molecule has 1 aromatic carbocycles. The van der Waals surface area contributed by atoms with Crippen molar-refractivity contribution in [2.24, 2.45) is 0 Å². The molecule has 0 aliphatic carbocycles. The van der Waals surface area contributed by atoms with Gasteiger partial charge < -0.3 is 10.6 Å². The number of thiocarbonyl (C=S) groups is 1. The average molecular weight is 323 g/mol. The molecule has 0 fully saturated rings. The smallest absolute Gasteiger partial charge is 0.172 e. The zero-order valence-corrected chi connectivity index (χ0v) is 13.7. The summed E-state index contributed by atoms with van der Waals surface area (Å²) in [6, 6.07) is 10.00. The summed E-state index contributed by atoms with van der Waals surface area (Å²) in [5.41, 5.74) is 1.15. The lowest BCUT2D eigenvalue weighted by molar-refractivity contribution is 0.645. The number of anilines is 1. The Morgan fingerprint density at radius 1 is 1.33 bits per heavy atom. The van der Waals surface area contributed by atoms with Crippen LogP contribution < -0.4 is 10.6 Å². The van der Waals surface area contributed by atoms with Gasteiger partial charge in [0.15, 0.2) is 10.9 Å². The van der Waals surface area contributed by atoms with E-state index in [1.54, 1.807) is 0 Å². The molecule has 0 radical (unpaired) electrons. The van der Waals surface area contributed by atoms with E-state index >= 15 is 0 Å². The van der Waals surface area contributed by atoms with E-state index in [1.807, 2.05) is 41.2 Å². The maximum atomic E-state index is 5.88. The molecule has 0 amide bonds. The second-order valence-corrected chi connectivity index (χ2v) is 5.78. The lowest BCUT2D eigenvalue weighted by atomic mass is 10.2. The number of hydrogen-bond acceptors (Lipinski definition) is 2. The highest BCUT2D eigenvalue weighted by atomic mass is 35.5. The molecular formula is C15H19ClN4S. The van der Waals surface area contributed by atoms with Crippen LogP contribution in [0.5, 0.6) is 0 Å². The van der Waals surface area contributed by atoms with E-state index < -0.39 is 0 Å². The fourth-order valence-corrected chi connectivity index (χ4v) is 2.20. The van der Waals surface area contributed by atoms with Crippen LogP contribution >= 0.6 is 23.8 Å². The molecule has 1 unspecified atom stereocenters. The van der Waals surface area contributed by atoms with Gasteiger partial charge in [0.25, 0.3) is 0 Å². The first kappa shape index (κ1) is 15.8. The number of benzene rings is 1. The normalized spacial score (nSPS) is 12.0. The molecule has 112 valence electrons. The van der Waals surface area contributed by atoms with E-state index in [-0.39, 0.29) is 0 Å². The van der Waals surface area contributed by atoms with Crippen LogP contribution in [0.4, 0.5) is 5.82 Å². The standard InChI is InChI=1S/C15H19ClN4S/c1-3-11(2)17-15(21)18-14-8-9-20(19-14)10-12-4-6-13(16)7-5-12/h4-9,11H,3,10H2,1-2H3,(H2,17,18,19,21).